The van der Waals surface area contributed by atoms with Gasteiger partial charge in [-0.1, -0.05) is 0 Å². The Balaban J connectivity index is 1.75. The lowest BCUT2D eigenvalue weighted by Gasteiger charge is -2.17. The second kappa shape index (κ2) is 5.25. The number of fused-ring (bicyclic) bond motifs is 1. The zero-order valence-electron chi connectivity index (χ0n) is 11.1. The van der Waals surface area contributed by atoms with Gasteiger partial charge in [0, 0.05) is 0 Å². The zero-order valence-corrected chi connectivity index (χ0v) is 11.9. The second-order valence-electron chi connectivity index (χ2n) is 4.62. The maximum Gasteiger partial charge on any atom is 0.286 e. The summed E-state index contributed by atoms with van der Waals surface area (Å²) in [4.78, 5) is 27.8. The van der Waals surface area contributed by atoms with Crippen LogP contribution in [0.3, 0.4) is 0 Å². The van der Waals surface area contributed by atoms with Crippen molar-refractivity contribution in [3.63, 3.8) is 0 Å². The Bertz CT molecular complexity index is 714. The van der Waals surface area contributed by atoms with Crippen LogP contribution < -0.4 is 5.32 Å². The van der Waals surface area contributed by atoms with Gasteiger partial charge in [-0.3, -0.25) is 9.59 Å². The molecule has 1 atom stereocenters. The van der Waals surface area contributed by atoms with Gasteiger partial charge in [-0.15, -0.1) is 11.8 Å². The van der Waals surface area contributed by atoms with Gasteiger partial charge in [0.15, 0.2) is 0 Å². The monoisotopic (exact) mass is 304 g/mol. The standard InChI is InChI=1S/C14H12N2O4S/c1-7-2-3-8(20-7)6-15-13(18)10-11(17)12-9(4-5-21-12)16-14(10)19/h2-5,12,17H,6H2,1H3,(H,15,18). The van der Waals surface area contributed by atoms with E-state index in [0.29, 0.717) is 11.5 Å². The first kappa shape index (κ1) is 13.7. The molecule has 0 spiro atoms. The first-order valence-corrected chi connectivity index (χ1v) is 7.22. The van der Waals surface area contributed by atoms with Gasteiger partial charge in [0.2, 0.25) is 0 Å². The van der Waals surface area contributed by atoms with E-state index < -0.39 is 17.1 Å². The van der Waals surface area contributed by atoms with Gasteiger partial charge in [-0.25, -0.2) is 4.99 Å². The van der Waals surface area contributed by atoms with Crippen LogP contribution in [0, 0.1) is 6.92 Å². The number of allylic oxidation sites excluding steroid dienone is 1. The highest BCUT2D eigenvalue weighted by molar-refractivity contribution is 8.04. The molecule has 0 saturated carbocycles. The summed E-state index contributed by atoms with van der Waals surface area (Å²) in [5.74, 6) is -0.308. The molecule has 3 rings (SSSR count). The number of nitrogens with zero attached hydrogens (tertiary/aromatic N) is 1. The van der Waals surface area contributed by atoms with Gasteiger partial charge in [-0.2, -0.15) is 0 Å². The second-order valence-corrected chi connectivity index (χ2v) is 5.63. The van der Waals surface area contributed by atoms with Crippen LogP contribution in [-0.2, 0) is 16.1 Å². The molecule has 6 nitrogen and oxygen atoms in total. The van der Waals surface area contributed by atoms with E-state index in [1.165, 1.54) is 11.8 Å². The Morgan fingerprint density at radius 3 is 3.05 bits per heavy atom. The van der Waals surface area contributed by atoms with Gasteiger partial charge in [0.25, 0.3) is 11.8 Å². The number of rotatable bonds is 3. The summed E-state index contributed by atoms with van der Waals surface area (Å²) < 4.78 is 5.32. The summed E-state index contributed by atoms with van der Waals surface area (Å²) >= 11 is 1.31. The summed E-state index contributed by atoms with van der Waals surface area (Å²) in [6.07, 6.45) is 1.66. The smallest absolute Gasteiger partial charge is 0.286 e. The zero-order chi connectivity index (χ0) is 15.0. The molecular formula is C14H12N2O4S. The molecule has 0 fully saturated rings. The largest absolute Gasteiger partial charge is 0.510 e. The highest BCUT2D eigenvalue weighted by Gasteiger charge is 2.36. The van der Waals surface area contributed by atoms with Crippen molar-refractivity contribution < 1.29 is 19.1 Å². The van der Waals surface area contributed by atoms with Gasteiger partial charge in [0.05, 0.1) is 12.3 Å². The van der Waals surface area contributed by atoms with E-state index in [1.54, 1.807) is 30.5 Å². The van der Waals surface area contributed by atoms with Crippen LogP contribution in [0.25, 0.3) is 0 Å². The minimum Gasteiger partial charge on any atom is -0.510 e. The van der Waals surface area contributed by atoms with E-state index in [1.807, 2.05) is 0 Å². The van der Waals surface area contributed by atoms with Crippen LogP contribution >= 0.6 is 11.8 Å². The third-order valence-corrected chi connectivity index (χ3v) is 4.15. The number of amides is 2. The molecular weight excluding hydrogens is 292 g/mol. The van der Waals surface area contributed by atoms with Gasteiger partial charge in [-0.05, 0) is 30.5 Å². The van der Waals surface area contributed by atoms with Crippen molar-refractivity contribution >= 4 is 29.3 Å². The third-order valence-electron chi connectivity index (χ3n) is 3.12. The molecule has 2 N–H and O–H groups in total. The summed E-state index contributed by atoms with van der Waals surface area (Å²) in [6, 6.07) is 3.51. The fraction of sp³-hybridized carbons (Fsp3) is 0.214. The molecule has 7 heteroatoms. The molecule has 0 aromatic carbocycles. The normalized spacial score (nSPS) is 20.5. The van der Waals surface area contributed by atoms with Crippen LogP contribution in [0.5, 0.6) is 0 Å². The first-order chi connectivity index (χ1) is 10.1. The Labute approximate surface area is 124 Å². The molecule has 0 aliphatic carbocycles. The van der Waals surface area contributed by atoms with Crippen molar-refractivity contribution in [2.24, 2.45) is 4.99 Å². The highest BCUT2D eigenvalue weighted by Crippen LogP contribution is 2.32. The maximum atomic E-state index is 12.1. The minimum absolute atomic E-state index is 0.142. The maximum absolute atomic E-state index is 12.1. The molecule has 0 saturated heterocycles. The summed E-state index contributed by atoms with van der Waals surface area (Å²) in [7, 11) is 0. The number of dihydropyridines is 1. The van der Waals surface area contributed by atoms with E-state index >= 15 is 0 Å². The summed E-state index contributed by atoms with van der Waals surface area (Å²) in [5, 5.41) is 13.9. The van der Waals surface area contributed by atoms with E-state index in [0.717, 1.165) is 5.76 Å². The van der Waals surface area contributed by atoms with Crippen molar-refractivity contribution in [3.05, 3.63) is 46.5 Å². The number of aliphatic imine (C=N–C) groups is 1. The predicted molar refractivity (Wildman–Crippen MR) is 77.9 cm³/mol. The third kappa shape index (κ3) is 2.52. The lowest BCUT2D eigenvalue weighted by Crippen LogP contribution is -2.34. The van der Waals surface area contributed by atoms with E-state index in [2.05, 4.69) is 10.3 Å². The van der Waals surface area contributed by atoms with Crippen molar-refractivity contribution in [2.45, 2.75) is 18.7 Å². The molecule has 1 aromatic rings. The molecule has 2 aliphatic heterocycles. The van der Waals surface area contributed by atoms with Crippen LogP contribution in [0.15, 0.2) is 44.4 Å². The van der Waals surface area contributed by atoms with Gasteiger partial charge in [0.1, 0.15) is 28.1 Å². The molecule has 1 unspecified atom stereocenters. The molecule has 3 heterocycles. The molecule has 2 amide bonds. The SMILES string of the molecule is Cc1ccc(CNC(=O)C2=C(O)C3SC=CC3=NC2=O)o1. The highest BCUT2D eigenvalue weighted by atomic mass is 32.2. The Hall–Kier alpha value is -2.28. The number of aliphatic hydroxyl groups is 1. The average molecular weight is 304 g/mol. The molecule has 108 valence electrons. The lowest BCUT2D eigenvalue weighted by molar-refractivity contribution is -0.122. The molecule has 0 bridgehead atoms. The Morgan fingerprint density at radius 1 is 1.52 bits per heavy atom. The fourth-order valence-electron chi connectivity index (χ4n) is 2.11. The van der Waals surface area contributed by atoms with Crippen LogP contribution in [0.2, 0.25) is 0 Å². The van der Waals surface area contributed by atoms with Crippen molar-refractivity contribution in [1.29, 1.82) is 0 Å². The summed E-state index contributed by atoms with van der Waals surface area (Å²) in [5.41, 5.74) is 0.170. The number of aliphatic hydroxyl groups excluding tert-OH is 1. The van der Waals surface area contributed by atoms with Crippen LogP contribution in [0.1, 0.15) is 11.5 Å². The number of carbonyl (C=O) groups excluding carboxylic acids is 2. The van der Waals surface area contributed by atoms with E-state index in [4.69, 9.17) is 4.42 Å². The van der Waals surface area contributed by atoms with E-state index in [-0.39, 0.29) is 17.9 Å². The fourth-order valence-corrected chi connectivity index (χ4v) is 3.00. The first-order valence-electron chi connectivity index (χ1n) is 6.28. The number of hydrogen-bond donors (Lipinski definition) is 2. The number of nitrogens with one attached hydrogen (secondary N) is 1. The number of aryl methyl sites for hydroxylation is 1. The number of carbonyl (C=O) groups is 2. The van der Waals surface area contributed by atoms with Crippen LogP contribution in [-0.4, -0.2) is 27.9 Å². The van der Waals surface area contributed by atoms with Gasteiger partial charge < -0.3 is 14.8 Å². The van der Waals surface area contributed by atoms with Crippen LogP contribution in [0.4, 0.5) is 0 Å². The Kier molecular flexibility index (Phi) is 3.42. The van der Waals surface area contributed by atoms with Crippen molar-refractivity contribution in [3.8, 4) is 0 Å². The van der Waals surface area contributed by atoms with Crippen molar-refractivity contribution in [2.75, 3.05) is 0 Å². The lowest BCUT2D eigenvalue weighted by atomic mass is 10.1. The minimum atomic E-state index is -0.723. The quantitative estimate of drug-likeness (QED) is 0.828. The summed E-state index contributed by atoms with van der Waals surface area (Å²) in [6.45, 7) is 1.94. The van der Waals surface area contributed by atoms with Crippen molar-refractivity contribution in [1.82, 2.24) is 5.32 Å². The van der Waals surface area contributed by atoms with E-state index in [9.17, 15) is 14.7 Å². The topological polar surface area (TPSA) is 91.9 Å². The molecule has 2 aliphatic rings. The predicted octanol–water partition coefficient (Wildman–Crippen LogP) is 1.63. The van der Waals surface area contributed by atoms with Gasteiger partial charge >= 0.3 is 0 Å². The number of thioether (sulfide) groups is 1. The molecule has 21 heavy (non-hydrogen) atoms. The average Bonchev–Trinajstić information content (AvgIpc) is 3.05. The molecule has 1 aromatic heterocycles. The number of furan rings is 1. The Morgan fingerprint density at radius 2 is 2.33 bits per heavy atom. The number of hydrogen-bond acceptors (Lipinski definition) is 5. The molecule has 0 radical (unpaired) electrons.